The number of benzene rings is 2. The van der Waals surface area contributed by atoms with Gasteiger partial charge in [-0.3, -0.25) is 0 Å². The van der Waals surface area contributed by atoms with Crippen molar-refractivity contribution in [1.82, 2.24) is 4.72 Å². The third kappa shape index (κ3) is 3.50. The molecule has 3 aliphatic rings. The lowest BCUT2D eigenvalue weighted by atomic mass is 9.78. The zero-order valence-electron chi connectivity index (χ0n) is 17.9. The van der Waals surface area contributed by atoms with Crippen LogP contribution in [0, 0.1) is 32.6 Å². The number of anilines is 1. The maximum absolute atomic E-state index is 13.2. The van der Waals surface area contributed by atoms with Crippen molar-refractivity contribution >= 4 is 27.3 Å². The predicted molar refractivity (Wildman–Crippen MR) is 123 cm³/mol. The number of nitrogens with zero attached hydrogens (tertiary/aromatic N) is 1. The molecular formula is C24H27ClN2O3S. The molecule has 164 valence electrons. The van der Waals surface area contributed by atoms with Crippen LogP contribution in [-0.4, -0.2) is 39.8 Å². The fourth-order valence-corrected chi connectivity index (χ4v) is 7.33. The van der Waals surface area contributed by atoms with Crippen molar-refractivity contribution < 1.29 is 13.2 Å². The lowest BCUT2D eigenvalue weighted by molar-refractivity contribution is 0.0155. The Morgan fingerprint density at radius 3 is 2.48 bits per heavy atom. The molecule has 4 unspecified atom stereocenters. The monoisotopic (exact) mass is 458 g/mol. The van der Waals surface area contributed by atoms with Gasteiger partial charge in [-0.1, -0.05) is 41.4 Å². The van der Waals surface area contributed by atoms with Crippen molar-refractivity contribution in [2.45, 2.75) is 37.4 Å². The second-order valence-corrected chi connectivity index (χ2v) is 11.2. The summed E-state index contributed by atoms with van der Waals surface area (Å²) in [6, 6.07) is 11.7. The van der Waals surface area contributed by atoms with Crippen LogP contribution in [0.3, 0.4) is 0 Å². The largest absolute Gasteiger partial charge is 0.371 e. The molecule has 0 aliphatic carbocycles. The fraction of sp³-hybridized carbons (Fsp3) is 0.417. The first-order valence-electron chi connectivity index (χ1n) is 10.6. The van der Waals surface area contributed by atoms with Crippen LogP contribution in [-0.2, 0) is 14.8 Å². The normalized spacial score (nSPS) is 29.0. The molecule has 3 aliphatic heterocycles. The summed E-state index contributed by atoms with van der Waals surface area (Å²) in [5, 5.41) is 0.723. The molecule has 7 heteroatoms. The highest BCUT2D eigenvalue weighted by molar-refractivity contribution is 7.89. The molecule has 2 aromatic carbocycles. The second-order valence-electron chi connectivity index (χ2n) is 9.10. The van der Waals surface area contributed by atoms with Crippen LogP contribution in [0.5, 0.6) is 0 Å². The molecule has 4 atom stereocenters. The van der Waals surface area contributed by atoms with Crippen LogP contribution in [0.4, 0.5) is 5.69 Å². The number of sulfonamides is 1. The zero-order chi connectivity index (χ0) is 22.0. The Labute approximate surface area is 189 Å². The zero-order valence-corrected chi connectivity index (χ0v) is 19.5. The van der Waals surface area contributed by atoms with E-state index in [1.165, 1.54) is 0 Å². The van der Waals surface area contributed by atoms with Gasteiger partial charge in [0.15, 0.2) is 0 Å². The van der Waals surface area contributed by atoms with E-state index >= 15 is 0 Å². The van der Waals surface area contributed by atoms with Crippen LogP contribution in [0.2, 0.25) is 5.02 Å². The predicted octanol–water partition coefficient (Wildman–Crippen LogP) is 4.00. The lowest BCUT2D eigenvalue weighted by Crippen LogP contribution is -2.47. The van der Waals surface area contributed by atoms with Crippen molar-refractivity contribution in [1.29, 1.82) is 0 Å². The maximum Gasteiger partial charge on any atom is 0.241 e. The van der Waals surface area contributed by atoms with Crippen LogP contribution < -0.4 is 9.62 Å². The Kier molecular flexibility index (Phi) is 4.97. The first kappa shape index (κ1) is 21.0. The van der Waals surface area contributed by atoms with Crippen molar-refractivity contribution in [3.05, 3.63) is 70.3 Å². The van der Waals surface area contributed by atoms with Gasteiger partial charge in [0.1, 0.15) is 5.60 Å². The van der Waals surface area contributed by atoms with Gasteiger partial charge in [-0.15, -0.1) is 0 Å². The van der Waals surface area contributed by atoms with E-state index in [9.17, 15) is 8.42 Å². The van der Waals surface area contributed by atoms with Gasteiger partial charge in [0.2, 0.25) is 10.0 Å². The summed E-state index contributed by atoms with van der Waals surface area (Å²) >= 11 is 6.04. The van der Waals surface area contributed by atoms with Gasteiger partial charge in [0, 0.05) is 42.2 Å². The Morgan fingerprint density at radius 1 is 1.13 bits per heavy atom. The average molecular weight is 459 g/mol. The van der Waals surface area contributed by atoms with E-state index in [0.717, 1.165) is 40.5 Å². The minimum absolute atomic E-state index is 0.0367. The van der Waals surface area contributed by atoms with E-state index in [4.69, 9.17) is 16.3 Å². The molecule has 0 radical (unpaired) electrons. The molecule has 31 heavy (non-hydrogen) atoms. The third-order valence-electron chi connectivity index (χ3n) is 6.94. The van der Waals surface area contributed by atoms with E-state index in [-0.39, 0.29) is 18.6 Å². The van der Waals surface area contributed by atoms with E-state index in [1.54, 1.807) is 0 Å². The molecule has 0 aromatic heterocycles. The summed E-state index contributed by atoms with van der Waals surface area (Å²) < 4.78 is 35.6. The van der Waals surface area contributed by atoms with Crippen LogP contribution in [0.1, 0.15) is 16.7 Å². The molecule has 5 rings (SSSR count). The van der Waals surface area contributed by atoms with Gasteiger partial charge in [-0.2, -0.15) is 0 Å². The molecule has 2 fully saturated rings. The Balaban J connectivity index is 1.36. The van der Waals surface area contributed by atoms with Crippen molar-refractivity contribution in [2.24, 2.45) is 11.8 Å². The smallest absolute Gasteiger partial charge is 0.241 e. The van der Waals surface area contributed by atoms with Gasteiger partial charge in [0.25, 0.3) is 0 Å². The van der Waals surface area contributed by atoms with Crippen molar-refractivity contribution in [3.63, 3.8) is 0 Å². The molecule has 2 bridgehead atoms. The number of halogens is 1. The fourth-order valence-electron chi connectivity index (χ4n) is 5.67. The standard InChI is InChI=1S/C24H27ClN2O3S/c1-15-10-16(2)23(17(3)11-15)31(28,29)26-14-24-9-8-22(30-24)20-12-27(13-21(20)24)19-6-4-18(25)5-7-19/h4-11,20-22,26H,12-14H2,1-3H3. The second kappa shape index (κ2) is 7.34. The molecule has 0 saturated carbocycles. The van der Waals surface area contributed by atoms with E-state index in [2.05, 4.69) is 21.8 Å². The SMILES string of the molecule is Cc1cc(C)c(S(=O)(=O)NCC23C=CC(O2)C2CN(c4ccc(Cl)cc4)CC23)c(C)c1. The summed E-state index contributed by atoms with van der Waals surface area (Å²) in [7, 11) is -3.65. The Hall–Kier alpha value is -1.86. The van der Waals surface area contributed by atoms with Crippen LogP contribution >= 0.6 is 11.6 Å². The molecular weight excluding hydrogens is 432 g/mol. The number of aryl methyl sites for hydroxylation is 3. The van der Waals surface area contributed by atoms with Gasteiger partial charge in [0.05, 0.1) is 11.0 Å². The highest BCUT2D eigenvalue weighted by Crippen LogP contribution is 2.51. The van der Waals surface area contributed by atoms with Crippen LogP contribution in [0.15, 0.2) is 53.4 Å². The van der Waals surface area contributed by atoms with Gasteiger partial charge >= 0.3 is 0 Å². The summed E-state index contributed by atoms with van der Waals surface area (Å²) in [5.41, 5.74) is 3.13. The van der Waals surface area contributed by atoms with Crippen molar-refractivity contribution in [2.75, 3.05) is 24.5 Å². The first-order chi connectivity index (χ1) is 14.7. The number of nitrogens with one attached hydrogen (secondary N) is 1. The topological polar surface area (TPSA) is 58.6 Å². The number of hydrogen-bond acceptors (Lipinski definition) is 4. The minimum atomic E-state index is -3.65. The maximum atomic E-state index is 13.2. The molecule has 0 amide bonds. The highest BCUT2D eigenvalue weighted by Gasteiger charge is 2.59. The number of fused-ring (bicyclic) bond motifs is 5. The summed E-state index contributed by atoms with van der Waals surface area (Å²) in [5.74, 6) is 0.592. The third-order valence-corrected chi connectivity index (χ3v) is 8.90. The first-order valence-corrected chi connectivity index (χ1v) is 12.5. The summed E-state index contributed by atoms with van der Waals surface area (Å²) in [6.45, 7) is 7.64. The lowest BCUT2D eigenvalue weighted by Gasteiger charge is -2.31. The van der Waals surface area contributed by atoms with Gasteiger partial charge in [-0.25, -0.2) is 13.1 Å². The summed E-state index contributed by atoms with van der Waals surface area (Å²) in [4.78, 5) is 2.72. The highest BCUT2D eigenvalue weighted by atomic mass is 35.5. The van der Waals surface area contributed by atoms with Crippen molar-refractivity contribution in [3.8, 4) is 0 Å². The number of ether oxygens (including phenoxy) is 1. The Morgan fingerprint density at radius 2 is 1.81 bits per heavy atom. The Bertz CT molecular complexity index is 1140. The quantitative estimate of drug-likeness (QED) is 0.688. The van der Waals surface area contributed by atoms with Gasteiger partial charge in [-0.05, 0) is 56.2 Å². The van der Waals surface area contributed by atoms with Gasteiger partial charge < -0.3 is 9.64 Å². The molecule has 2 saturated heterocycles. The molecule has 0 spiro atoms. The molecule has 2 aromatic rings. The number of rotatable bonds is 5. The van der Waals surface area contributed by atoms with E-state index in [0.29, 0.717) is 10.8 Å². The number of hydrogen-bond donors (Lipinski definition) is 1. The molecule has 3 heterocycles. The van der Waals surface area contributed by atoms with E-state index < -0.39 is 15.6 Å². The van der Waals surface area contributed by atoms with Crippen LogP contribution in [0.25, 0.3) is 0 Å². The summed E-state index contributed by atoms with van der Waals surface area (Å²) in [6.07, 6.45) is 4.21. The molecule has 5 nitrogen and oxygen atoms in total. The molecule has 1 N–H and O–H groups in total. The van der Waals surface area contributed by atoms with E-state index in [1.807, 2.05) is 57.2 Å². The average Bonchev–Trinajstić information content (AvgIpc) is 3.38. The minimum Gasteiger partial charge on any atom is -0.371 e.